The van der Waals surface area contributed by atoms with Gasteiger partial charge in [0.1, 0.15) is 0 Å². The van der Waals surface area contributed by atoms with Crippen LogP contribution in [0.3, 0.4) is 0 Å². The number of aromatic nitrogens is 1. The predicted molar refractivity (Wildman–Crippen MR) is 47.4 cm³/mol. The van der Waals surface area contributed by atoms with Gasteiger partial charge in [0.25, 0.3) is 0 Å². The lowest BCUT2D eigenvalue weighted by molar-refractivity contribution is 0.902. The van der Waals surface area contributed by atoms with E-state index in [0.29, 0.717) is 0 Å². The van der Waals surface area contributed by atoms with Crippen LogP contribution < -0.4 is 5.73 Å². The minimum Gasteiger partial charge on any atom is -0.362 e. The number of hydrogen-bond acceptors (Lipinski definition) is 1. The third kappa shape index (κ3) is 1.52. The summed E-state index contributed by atoms with van der Waals surface area (Å²) in [6, 6.07) is 2.02. The van der Waals surface area contributed by atoms with Crippen molar-refractivity contribution < 1.29 is 0 Å². The number of rotatable bonds is 2. The molecule has 1 atom stereocenters. The quantitative estimate of drug-likeness (QED) is 0.620. The molecule has 0 aliphatic heterocycles. The van der Waals surface area contributed by atoms with E-state index < -0.39 is 0 Å². The van der Waals surface area contributed by atoms with Crippen LogP contribution in [-0.4, -0.2) is 4.98 Å². The van der Waals surface area contributed by atoms with Gasteiger partial charge in [0.2, 0.25) is 0 Å². The van der Waals surface area contributed by atoms with Crippen molar-refractivity contribution in [2.24, 2.45) is 5.73 Å². The summed E-state index contributed by atoms with van der Waals surface area (Å²) in [5.41, 5.74) is 9.19. The van der Waals surface area contributed by atoms with Crippen LogP contribution in [-0.2, 0) is 0 Å². The highest BCUT2D eigenvalue weighted by molar-refractivity contribution is 5.29. The minimum absolute atomic E-state index is 0.0417. The van der Waals surface area contributed by atoms with Gasteiger partial charge in [-0.15, -0.1) is 6.58 Å². The van der Waals surface area contributed by atoms with Gasteiger partial charge < -0.3 is 10.7 Å². The Balaban J connectivity index is 3.02. The van der Waals surface area contributed by atoms with Crippen LogP contribution >= 0.6 is 0 Å². The van der Waals surface area contributed by atoms with Crippen LogP contribution in [0, 0.1) is 13.8 Å². The molecule has 1 unspecified atom stereocenters. The van der Waals surface area contributed by atoms with E-state index in [1.54, 1.807) is 6.08 Å². The van der Waals surface area contributed by atoms with E-state index in [1.165, 1.54) is 0 Å². The second-order valence-corrected chi connectivity index (χ2v) is 2.79. The first-order valence-electron chi connectivity index (χ1n) is 3.69. The Labute approximate surface area is 67.1 Å². The van der Waals surface area contributed by atoms with Gasteiger partial charge in [-0.3, -0.25) is 0 Å². The summed E-state index contributed by atoms with van der Waals surface area (Å²) in [4.78, 5) is 3.19. The molecule has 1 aromatic rings. The molecular formula is C9H14N2. The van der Waals surface area contributed by atoms with Gasteiger partial charge in [-0.25, -0.2) is 0 Å². The first-order valence-corrected chi connectivity index (χ1v) is 3.69. The molecule has 0 radical (unpaired) electrons. The molecule has 0 saturated carbocycles. The molecule has 0 bridgehead atoms. The fourth-order valence-electron chi connectivity index (χ4n) is 1.22. The summed E-state index contributed by atoms with van der Waals surface area (Å²) in [6.45, 7) is 7.69. The fourth-order valence-corrected chi connectivity index (χ4v) is 1.22. The van der Waals surface area contributed by atoms with E-state index in [0.717, 1.165) is 17.0 Å². The predicted octanol–water partition coefficient (Wildman–Crippen LogP) is 1.82. The zero-order chi connectivity index (χ0) is 8.43. The Morgan fingerprint density at radius 3 is 2.64 bits per heavy atom. The molecule has 0 aromatic carbocycles. The van der Waals surface area contributed by atoms with Gasteiger partial charge >= 0.3 is 0 Å². The molecule has 2 nitrogen and oxygen atoms in total. The van der Waals surface area contributed by atoms with Crippen molar-refractivity contribution >= 4 is 0 Å². The first-order chi connectivity index (χ1) is 5.15. The van der Waals surface area contributed by atoms with Crippen molar-refractivity contribution in [1.82, 2.24) is 4.98 Å². The van der Waals surface area contributed by atoms with E-state index in [1.807, 2.05) is 13.8 Å². The molecule has 1 aromatic heterocycles. The molecule has 0 amide bonds. The largest absolute Gasteiger partial charge is 0.362 e. The highest BCUT2D eigenvalue weighted by Gasteiger charge is 2.06. The lowest BCUT2D eigenvalue weighted by Crippen LogP contribution is -2.06. The monoisotopic (exact) mass is 150 g/mol. The summed E-state index contributed by atoms with van der Waals surface area (Å²) >= 11 is 0. The molecule has 0 aliphatic carbocycles. The van der Waals surface area contributed by atoms with Gasteiger partial charge in [-0.2, -0.15) is 0 Å². The maximum absolute atomic E-state index is 5.77. The molecule has 0 fully saturated rings. The molecule has 60 valence electrons. The van der Waals surface area contributed by atoms with Crippen LogP contribution in [0.15, 0.2) is 18.7 Å². The van der Waals surface area contributed by atoms with Gasteiger partial charge in [-0.05, 0) is 25.5 Å². The second-order valence-electron chi connectivity index (χ2n) is 2.79. The number of aryl methyl sites for hydroxylation is 2. The second kappa shape index (κ2) is 2.93. The summed E-state index contributed by atoms with van der Waals surface area (Å²) < 4.78 is 0. The molecular weight excluding hydrogens is 136 g/mol. The van der Waals surface area contributed by atoms with Crippen molar-refractivity contribution in [1.29, 1.82) is 0 Å². The molecule has 1 heterocycles. The third-order valence-corrected chi connectivity index (χ3v) is 1.80. The van der Waals surface area contributed by atoms with Crippen molar-refractivity contribution in [3.63, 3.8) is 0 Å². The highest BCUT2D eigenvalue weighted by atomic mass is 14.7. The maximum Gasteiger partial charge on any atom is 0.0496 e. The fraction of sp³-hybridized carbons (Fsp3) is 0.333. The van der Waals surface area contributed by atoms with Crippen LogP contribution in [0.5, 0.6) is 0 Å². The van der Waals surface area contributed by atoms with Crippen molar-refractivity contribution in [3.8, 4) is 0 Å². The van der Waals surface area contributed by atoms with Gasteiger partial charge in [-0.1, -0.05) is 6.08 Å². The van der Waals surface area contributed by atoms with Crippen LogP contribution in [0.4, 0.5) is 0 Å². The van der Waals surface area contributed by atoms with Crippen molar-refractivity contribution in [2.45, 2.75) is 19.9 Å². The Bertz CT molecular complexity index is 261. The van der Waals surface area contributed by atoms with E-state index in [2.05, 4.69) is 17.6 Å². The Morgan fingerprint density at radius 2 is 2.27 bits per heavy atom. The number of nitrogens with one attached hydrogen (secondary N) is 1. The molecule has 0 spiro atoms. The zero-order valence-electron chi connectivity index (χ0n) is 7.02. The lowest BCUT2D eigenvalue weighted by Gasteiger charge is -2.03. The Morgan fingerprint density at radius 1 is 1.64 bits per heavy atom. The first kappa shape index (κ1) is 8.08. The molecule has 2 heteroatoms. The SMILES string of the molecule is C=CC(N)c1cc(C)[nH]c1C. The minimum atomic E-state index is -0.0417. The Kier molecular flexibility index (Phi) is 2.15. The standard InChI is InChI=1S/C9H14N2/c1-4-9(10)8-5-6(2)11-7(8)3/h4-5,9,11H,1,10H2,2-3H3. The zero-order valence-corrected chi connectivity index (χ0v) is 7.02. The number of aromatic amines is 1. The summed E-state index contributed by atoms with van der Waals surface area (Å²) in [5.74, 6) is 0. The maximum atomic E-state index is 5.77. The smallest absolute Gasteiger partial charge is 0.0496 e. The number of nitrogens with two attached hydrogens (primary N) is 1. The topological polar surface area (TPSA) is 41.8 Å². The van der Waals surface area contributed by atoms with E-state index in [4.69, 9.17) is 5.73 Å². The van der Waals surface area contributed by atoms with Crippen LogP contribution in [0.1, 0.15) is 23.0 Å². The Hall–Kier alpha value is -1.02. The molecule has 3 N–H and O–H groups in total. The van der Waals surface area contributed by atoms with Gasteiger partial charge in [0.05, 0.1) is 0 Å². The summed E-state index contributed by atoms with van der Waals surface area (Å²) in [7, 11) is 0. The lowest BCUT2D eigenvalue weighted by atomic mass is 10.1. The van der Waals surface area contributed by atoms with Crippen molar-refractivity contribution in [2.75, 3.05) is 0 Å². The summed E-state index contributed by atoms with van der Waals surface area (Å²) in [5, 5.41) is 0. The molecule has 0 aliphatic rings. The average molecular weight is 150 g/mol. The third-order valence-electron chi connectivity index (χ3n) is 1.80. The van der Waals surface area contributed by atoms with Crippen LogP contribution in [0.25, 0.3) is 0 Å². The molecule has 1 rings (SSSR count). The van der Waals surface area contributed by atoms with E-state index in [-0.39, 0.29) is 6.04 Å². The van der Waals surface area contributed by atoms with Crippen molar-refractivity contribution in [3.05, 3.63) is 35.7 Å². The number of hydrogen-bond donors (Lipinski definition) is 2. The number of H-pyrrole nitrogens is 1. The average Bonchev–Trinajstić information content (AvgIpc) is 2.28. The van der Waals surface area contributed by atoms with Gasteiger partial charge in [0, 0.05) is 17.4 Å². The highest BCUT2D eigenvalue weighted by Crippen LogP contribution is 2.16. The summed E-state index contributed by atoms with van der Waals surface area (Å²) in [6.07, 6.45) is 1.75. The molecule has 11 heavy (non-hydrogen) atoms. The van der Waals surface area contributed by atoms with E-state index in [9.17, 15) is 0 Å². The molecule has 0 saturated heterocycles. The van der Waals surface area contributed by atoms with Gasteiger partial charge in [0.15, 0.2) is 0 Å². The normalized spacial score (nSPS) is 13.0. The van der Waals surface area contributed by atoms with E-state index >= 15 is 0 Å². The van der Waals surface area contributed by atoms with Crippen LogP contribution in [0.2, 0.25) is 0 Å².